The monoisotopic (exact) mass is 699 g/mol. The van der Waals surface area contributed by atoms with Crippen molar-refractivity contribution in [3.05, 3.63) is 150 Å². The van der Waals surface area contributed by atoms with Gasteiger partial charge in [-0.1, -0.05) is 88.0 Å². The van der Waals surface area contributed by atoms with Gasteiger partial charge in [0.2, 0.25) is 5.90 Å². The number of benzene rings is 4. The lowest BCUT2D eigenvalue weighted by Gasteiger charge is -2.32. The molecule has 2 atom stereocenters. The maximum absolute atomic E-state index is 14.6. The molecule has 0 saturated carbocycles. The number of amides is 1. The van der Waals surface area contributed by atoms with Gasteiger partial charge in [0, 0.05) is 62.7 Å². The van der Waals surface area contributed by atoms with E-state index in [1.165, 1.54) is 0 Å². The summed E-state index contributed by atoms with van der Waals surface area (Å²) < 4.78 is 12.3. The van der Waals surface area contributed by atoms with E-state index in [0.717, 1.165) is 0 Å². The minimum Gasteiger partial charge on any atom is -0.494 e. The van der Waals surface area contributed by atoms with Crippen molar-refractivity contribution in [3.8, 4) is 5.75 Å². The van der Waals surface area contributed by atoms with E-state index in [0.29, 0.717) is 56.6 Å². The van der Waals surface area contributed by atoms with E-state index in [1.54, 1.807) is 66.7 Å². The van der Waals surface area contributed by atoms with Crippen molar-refractivity contribution in [2.45, 2.75) is 37.6 Å². The van der Waals surface area contributed by atoms with Crippen molar-refractivity contribution in [2.24, 2.45) is 15.2 Å². The highest BCUT2D eigenvalue weighted by Gasteiger charge is 2.54. The largest absolute Gasteiger partial charge is 0.494 e. The molecule has 1 aliphatic rings. The fraction of sp³-hybridized carbons (Fsp3) is 0.235. The fourth-order valence-electron chi connectivity index (χ4n) is 5.38. The van der Waals surface area contributed by atoms with Crippen LogP contribution in [0.25, 0.3) is 20.9 Å². The summed E-state index contributed by atoms with van der Waals surface area (Å²) in [5, 5.41) is 17.6. The molecule has 4 aromatic carbocycles. The molecule has 1 aliphatic heterocycles. The Hall–Kier alpha value is -5.26. The molecule has 3 N–H and O–H groups in total. The van der Waals surface area contributed by atoms with Gasteiger partial charge in [0.15, 0.2) is 11.6 Å². The lowest BCUT2D eigenvalue weighted by molar-refractivity contribution is -0.130. The molecule has 1 amide bonds. The van der Waals surface area contributed by atoms with Crippen LogP contribution in [-0.4, -0.2) is 35.7 Å². The number of carbonyl (C=O) groups is 1. The van der Waals surface area contributed by atoms with Gasteiger partial charge in [0.25, 0.3) is 5.91 Å². The highest BCUT2D eigenvalue weighted by atomic mass is 35.5. The van der Waals surface area contributed by atoms with E-state index in [-0.39, 0.29) is 37.7 Å². The van der Waals surface area contributed by atoms with E-state index >= 15 is 0 Å². The van der Waals surface area contributed by atoms with Gasteiger partial charge in [-0.3, -0.25) is 10.2 Å². The van der Waals surface area contributed by atoms with Gasteiger partial charge in [-0.05, 0) is 64.2 Å². The third-order valence-electron chi connectivity index (χ3n) is 7.78. The van der Waals surface area contributed by atoms with Crippen molar-refractivity contribution >= 4 is 40.7 Å². The Balaban J connectivity index is 1.61. The molecule has 0 spiro atoms. The van der Waals surface area contributed by atoms with Crippen LogP contribution in [0.15, 0.2) is 106 Å². The van der Waals surface area contributed by atoms with Crippen LogP contribution in [0.4, 0.5) is 5.69 Å². The number of hydrogen-bond acceptors (Lipinski definition) is 8. The van der Waals surface area contributed by atoms with Crippen molar-refractivity contribution in [1.29, 1.82) is 0 Å². The Morgan fingerprint density at radius 2 is 1.73 bits per heavy atom. The molecule has 1 heterocycles. The predicted molar refractivity (Wildman–Crippen MR) is 186 cm³/mol. The molecule has 0 bridgehead atoms. The van der Waals surface area contributed by atoms with Gasteiger partial charge in [0.1, 0.15) is 5.75 Å². The summed E-state index contributed by atoms with van der Waals surface area (Å²) in [5.74, 6) is 0.212. The Kier molecular flexibility index (Phi) is 12.0. The summed E-state index contributed by atoms with van der Waals surface area (Å²) in [6, 6.07) is 26.2. The molecule has 250 valence electrons. The Morgan fingerprint density at radius 1 is 0.980 bits per heavy atom. The van der Waals surface area contributed by atoms with Crippen LogP contribution < -0.4 is 15.6 Å². The number of nitrogens with one attached hydrogen (secondary N) is 2. The minimum atomic E-state index is -1.67. The zero-order chi connectivity index (χ0) is 34.6. The maximum atomic E-state index is 14.6. The summed E-state index contributed by atoms with van der Waals surface area (Å²) in [6.07, 6.45) is -0.570. The van der Waals surface area contributed by atoms with Crippen LogP contribution >= 0.6 is 23.2 Å². The molecule has 0 aromatic heterocycles. The molecule has 13 nitrogen and oxygen atoms in total. The first kappa shape index (κ1) is 35.1. The zero-order valence-electron chi connectivity index (χ0n) is 26.0. The van der Waals surface area contributed by atoms with Gasteiger partial charge in [-0.25, -0.2) is 10.4 Å². The van der Waals surface area contributed by atoms with E-state index < -0.39 is 17.6 Å². The minimum absolute atomic E-state index is 0.0131. The number of aliphatic hydroxyl groups excluding tert-OH is 1. The zero-order valence-corrected chi connectivity index (χ0v) is 27.6. The summed E-state index contributed by atoms with van der Waals surface area (Å²) in [6.45, 7) is 0.574. The first-order chi connectivity index (χ1) is 23.9. The molecule has 49 heavy (non-hydrogen) atoms. The van der Waals surface area contributed by atoms with Crippen molar-refractivity contribution < 1.29 is 19.4 Å². The highest BCUT2D eigenvalue weighted by molar-refractivity contribution is 6.35. The second kappa shape index (κ2) is 16.7. The summed E-state index contributed by atoms with van der Waals surface area (Å²) >= 11 is 12.4. The second-order valence-corrected chi connectivity index (χ2v) is 11.8. The van der Waals surface area contributed by atoms with E-state index in [1.807, 2.05) is 24.3 Å². The molecular formula is C34H31Cl2N9O4. The SMILES string of the molecule is [N-]=[N+]=NCc1ccccc1C[C@]1(C(=O)NNCc2ccc(Cl)cc2Cl)N=C(c2ccc(OCCCO)cc2)O[C@H]1c1ccccc1N=[N+]=[N-]. The predicted octanol–water partition coefficient (Wildman–Crippen LogP) is 7.83. The van der Waals surface area contributed by atoms with Crippen molar-refractivity contribution in [1.82, 2.24) is 10.9 Å². The Morgan fingerprint density at radius 3 is 2.47 bits per heavy atom. The lowest BCUT2D eigenvalue weighted by Crippen LogP contribution is -2.53. The number of azide groups is 2. The number of rotatable bonds is 15. The average molecular weight is 701 g/mol. The number of ether oxygens (including phenoxy) is 2. The number of hydrogen-bond donors (Lipinski definition) is 3. The standard InChI is InChI=1S/C34H31Cl2N9O4/c35-26-13-10-25(29(36)18-26)21-39-43-33(47)34(19-23-6-1-2-7-24(23)20-40-44-37)31(28-8-3-4-9-30(28)42-45-38)49-32(41-34)22-11-14-27(15-12-22)48-17-5-16-46/h1-4,6-15,18,31,39,46H,5,16-17,19-21H2,(H,43,47)/t31-,34-/m0/s1. The van der Waals surface area contributed by atoms with Crippen LogP contribution in [0.5, 0.6) is 5.75 Å². The number of carbonyl (C=O) groups excluding carboxylic acids is 1. The third-order valence-corrected chi connectivity index (χ3v) is 8.37. The van der Waals surface area contributed by atoms with Gasteiger partial charge < -0.3 is 14.6 Å². The molecule has 0 fully saturated rings. The first-order valence-corrected chi connectivity index (χ1v) is 15.9. The smallest absolute Gasteiger partial charge is 0.266 e. The quantitative estimate of drug-likeness (QED) is 0.0374. The molecule has 4 aromatic rings. The van der Waals surface area contributed by atoms with Gasteiger partial charge in [-0.15, -0.1) is 0 Å². The number of aliphatic imine (C=N–C) groups is 1. The summed E-state index contributed by atoms with van der Waals surface area (Å²) in [5.41, 5.74) is 25.9. The van der Waals surface area contributed by atoms with Crippen molar-refractivity contribution in [2.75, 3.05) is 13.2 Å². The molecular weight excluding hydrogens is 669 g/mol. The molecule has 5 rings (SSSR count). The maximum Gasteiger partial charge on any atom is 0.266 e. The molecule has 15 heteroatoms. The van der Waals surface area contributed by atoms with Gasteiger partial charge in [-0.2, -0.15) is 0 Å². The van der Waals surface area contributed by atoms with Crippen LogP contribution in [0.1, 0.15) is 40.3 Å². The van der Waals surface area contributed by atoms with Crippen LogP contribution in [0.2, 0.25) is 10.0 Å². The lowest BCUT2D eigenvalue weighted by atomic mass is 9.80. The van der Waals surface area contributed by atoms with Crippen molar-refractivity contribution in [3.63, 3.8) is 0 Å². The summed E-state index contributed by atoms with van der Waals surface area (Å²) in [4.78, 5) is 25.5. The van der Waals surface area contributed by atoms with Gasteiger partial charge >= 0.3 is 0 Å². The average Bonchev–Trinajstić information content (AvgIpc) is 3.49. The molecule has 0 unspecified atom stereocenters. The first-order valence-electron chi connectivity index (χ1n) is 15.2. The van der Waals surface area contributed by atoms with E-state index in [2.05, 4.69) is 30.9 Å². The van der Waals surface area contributed by atoms with Crippen LogP contribution in [-0.2, 0) is 29.0 Å². The topological polar surface area (TPSA) is 190 Å². The Labute approximate surface area is 291 Å². The molecule has 0 aliphatic carbocycles. The third kappa shape index (κ3) is 8.43. The number of hydrazine groups is 1. The van der Waals surface area contributed by atoms with Crippen LogP contribution in [0.3, 0.4) is 0 Å². The van der Waals surface area contributed by atoms with Crippen LogP contribution in [0, 0.1) is 0 Å². The normalized spacial score (nSPS) is 16.5. The molecule has 0 saturated heterocycles. The summed E-state index contributed by atoms with van der Waals surface area (Å²) in [7, 11) is 0. The van der Waals surface area contributed by atoms with Gasteiger partial charge in [0.05, 0.1) is 13.2 Å². The fourth-order valence-corrected chi connectivity index (χ4v) is 5.86. The van der Waals surface area contributed by atoms with E-state index in [9.17, 15) is 10.3 Å². The number of nitrogens with zero attached hydrogens (tertiary/aromatic N) is 7. The van der Waals surface area contributed by atoms with E-state index in [4.69, 9.17) is 48.3 Å². The number of halogens is 2. The molecule has 0 radical (unpaired) electrons. The second-order valence-electron chi connectivity index (χ2n) is 10.9. The Bertz CT molecular complexity index is 1930. The number of aliphatic hydroxyl groups is 1. The highest BCUT2D eigenvalue weighted by Crippen LogP contribution is 2.45.